The highest BCUT2D eigenvalue weighted by Crippen LogP contribution is 2.34. The van der Waals surface area contributed by atoms with Gasteiger partial charge in [0.2, 0.25) is 0 Å². The Kier molecular flexibility index (Phi) is 4.46. The number of rotatable bonds is 4. The van der Waals surface area contributed by atoms with E-state index in [9.17, 15) is 0 Å². The predicted octanol–water partition coefficient (Wildman–Crippen LogP) is 2.74. The summed E-state index contributed by atoms with van der Waals surface area (Å²) in [6, 6.07) is 1.81. The Morgan fingerprint density at radius 2 is 1.94 bits per heavy atom. The van der Waals surface area contributed by atoms with Crippen molar-refractivity contribution in [1.82, 2.24) is 9.97 Å². The van der Waals surface area contributed by atoms with Gasteiger partial charge >= 0.3 is 0 Å². The minimum absolute atomic E-state index is 0.0468. The van der Waals surface area contributed by atoms with Gasteiger partial charge in [0.05, 0.1) is 0 Å². The van der Waals surface area contributed by atoms with Crippen LogP contribution in [-0.4, -0.2) is 16.6 Å². The van der Waals surface area contributed by atoms with Crippen molar-refractivity contribution < 1.29 is 4.74 Å². The van der Waals surface area contributed by atoms with E-state index in [-0.39, 0.29) is 11.5 Å². The molecule has 1 unspecified atom stereocenters. The normalized spacial score (nSPS) is 13.7. The molecule has 0 amide bonds. The van der Waals surface area contributed by atoms with Crippen LogP contribution in [-0.2, 0) is 11.2 Å². The lowest BCUT2D eigenvalue weighted by Crippen LogP contribution is -2.24. The van der Waals surface area contributed by atoms with Crippen LogP contribution in [0.3, 0.4) is 0 Å². The molecule has 1 rings (SSSR count). The standard InChI is InChI=1S/C13H23N3O/c1-6-9-8-10(14)16-12(15-9)11(17-7-2)13(3,4)5/h8,11H,6-7H2,1-5H3,(H2,14,15,16). The van der Waals surface area contributed by atoms with E-state index in [1.807, 2.05) is 13.0 Å². The molecule has 0 aliphatic rings. The van der Waals surface area contributed by atoms with E-state index >= 15 is 0 Å². The molecule has 4 heteroatoms. The summed E-state index contributed by atoms with van der Waals surface area (Å²) in [5.41, 5.74) is 6.72. The van der Waals surface area contributed by atoms with E-state index < -0.39 is 0 Å². The molecule has 0 saturated carbocycles. The summed E-state index contributed by atoms with van der Waals surface area (Å²) in [4.78, 5) is 8.83. The van der Waals surface area contributed by atoms with E-state index in [4.69, 9.17) is 10.5 Å². The molecule has 1 aromatic rings. The highest BCUT2D eigenvalue weighted by Gasteiger charge is 2.29. The summed E-state index contributed by atoms with van der Waals surface area (Å²) < 4.78 is 5.77. The lowest BCUT2D eigenvalue weighted by molar-refractivity contribution is -0.0191. The predicted molar refractivity (Wildman–Crippen MR) is 69.6 cm³/mol. The zero-order valence-corrected chi connectivity index (χ0v) is 11.4. The average Bonchev–Trinajstić information content (AvgIpc) is 2.23. The number of ether oxygens (including phenoxy) is 1. The van der Waals surface area contributed by atoms with Crippen molar-refractivity contribution in [2.75, 3.05) is 12.3 Å². The summed E-state index contributed by atoms with van der Waals surface area (Å²) >= 11 is 0. The Labute approximate surface area is 104 Å². The van der Waals surface area contributed by atoms with Gasteiger partial charge in [-0.15, -0.1) is 0 Å². The Balaban J connectivity index is 3.13. The number of aromatic nitrogens is 2. The van der Waals surface area contributed by atoms with Gasteiger partial charge in [0, 0.05) is 18.4 Å². The van der Waals surface area contributed by atoms with Crippen LogP contribution in [0, 0.1) is 5.41 Å². The molecular formula is C13H23N3O. The summed E-state index contributed by atoms with van der Waals surface area (Å²) in [5, 5.41) is 0. The number of hydrogen-bond acceptors (Lipinski definition) is 4. The maximum atomic E-state index is 5.81. The molecule has 1 heterocycles. The quantitative estimate of drug-likeness (QED) is 0.874. The van der Waals surface area contributed by atoms with Crippen LogP contribution < -0.4 is 5.73 Å². The Hall–Kier alpha value is -1.16. The van der Waals surface area contributed by atoms with Crippen molar-refractivity contribution in [2.45, 2.75) is 47.1 Å². The Morgan fingerprint density at radius 3 is 2.41 bits per heavy atom. The Bertz CT molecular complexity index is 371. The van der Waals surface area contributed by atoms with Gasteiger partial charge in [0.1, 0.15) is 11.9 Å². The second kappa shape index (κ2) is 5.45. The molecule has 0 aromatic carbocycles. The van der Waals surface area contributed by atoms with Crippen molar-refractivity contribution in [3.05, 3.63) is 17.6 Å². The number of aryl methyl sites for hydroxylation is 1. The average molecular weight is 237 g/mol. The molecule has 0 aliphatic carbocycles. The first-order valence-corrected chi connectivity index (χ1v) is 6.13. The van der Waals surface area contributed by atoms with Gasteiger partial charge in [-0.3, -0.25) is 0 Å². The van der Waals surface area contributed by atoms with Crippen LogP contribution in [0.4, 0.5) is 5.82 Å². The second-order valence-corrected chi connectivity index (χ2v) is 5.20. The highest BCUT2D eigenvalue weighted by molar-refractivity contribution is 5.30. The van der Waals surface area contributed by atoms with E-state index in [0.717, 1.165) is 12.1 Å². The van der Waals surface area contributed by atoms with Gasteiger partial charge in [-0.1, -0.05) is 27.7 Å². The van der Waals surface area contributed by atoms with Gasteiger partial charge in [-0.05, 0) is 18.8 Å². The van der Waals surface area contributed by atoms with Crippen LogP contribution >= 0.6 is 0 Å². The first-order valence-electron chi connectivity index (χ1n) is 6.13. The maximum absolute atomic E-state index is 5.81. The molecule has 96 valence electrons. The molecule has 2 N–H and O–H groups in total. The molecule has 1 aromatic heterocycles. The van der Waals surface area contributed by atoms with Gasteiger partial charge < -0.3 is 10.5 Å². The highest BCUT2D eigenvalue weighted by atomic mass is 16.5. The number of nitrogens with zero attached hydrogens (tertiary/aromatic N) is 2. The third kappa shape index (κ3) is 3.66. The van der Waals surface area contributed by atoms with Crippen LogP contribution in [0.2, 0.25) is 0 Å². The molecule has 0 saturated heterocycles. The molecule has 17 heavy (non-hydrogen) atoms. The molecule has 0 aliphatic heterocycles. The van der Waals surface area contributed by atoms with Crippen LogP contribution in [0.5, 0.6) is 0 Å². The molecule has 1 atom stereocenters. The minimum atomic E-state index is -0.124. The monoisotopic (exact) mass is 237 g/mol. The van der Waals surface area contributed by atoms with Crippen LogP contribution in [0.25, 0.3) is 0 Å². The molecule has 0 fully saturated rings. The van der Waals surface area contributed by atoms with Crippen molar-refractivity contribution in [3.63, 3.8) is 0 Å². The van der Waals surface area contributed by atoms with E-state index in [1.54, 1.807) is 0 Å². The first kappa shape index (κ1) is 13.9. The van der Waals surface area contributed by atoms with E-state index in [1.165, 1.54) is 0 Å². The fourth-order valence-electron chi connectivity index (χ4n) is 1.72. The smallest absolute Gasteiger partial charge is 0.160 e. The van der Waals surface area contributed by atoms with Gasteiger partial charge in [-0.2, -0.15) is 0 Å². The number of nitrogen functional groups attached to an aromatic ring is 1. The maximum Gasteiger partial charge on any atom is 0.160 e. The lowest BCUT2D eigenvalue weighted by Gasteiger charge is -2.29. The van der Waals surface area contributed by atoms with Crippen molar-refractivity contribution in [1.29, 1.82) is 0 Å². The first-order chi connectivity index (χ1) is 7.88. The van der Waals surface area contributed by atoms with Crippen LogP contribution in [0.15, 0.2) is 6.07 Å². The molecular weight excluding hydrogens is 214 g/mol. The van der Waals surface area contributed by atoms with Crippen LogP contribution in [0.1, 0.15) is 52.2 Å². The lowest BCUT2D eigenvalue weighted by atomic mass is 9.88. The Morgan fingerprint density at radius 1 is 1.29 bits per heavy atom. The molecule has 0 bridgehead atoms. The van der Waals surface area contributed by atoms with Gasteiger partial charge in [0.25, 0.3) is 0 Å². The third-order valence-corrected chi connectivity index (χ3v) is 2.53. The summed E-state index contributed by atoms with van der Waals surface area (Å²) in [5.74, 6) is 1.21. The fraction of sp³-hybridized carbons (Fsp3) is 0.692. The zero-order chi connectivity index (χ0) is 13.1. The largest absolute Gasteiger partial charge is 0.384 e. The van der Waals surface area contributed by atoms with Gasteiger partial charge in [-0.25, -0.2) is 9.97 Å². The van der Waals surface area contributed by atoms with E-state index in [2.05, 4.69) is 37.7 Å². The number of nitrogens with two attached hydrogens (primary N) is 1. The molecule has 0 radical (unpaired) electrons. The summed E-state index contributed by atoms with van der Waals surface area (Å²) in [6.07, 6.45) is 0.726. The third-order valence-electron chi connectivity index (χ3n) is 2.53. The number of anilines is 1. The molecule has 0 spiro atoms. The van der Waals surface area contributed by atoms with Crippen molar-refractivity contribution in [2.24, 2.45) is 5.41 Å². The topological polar surface area (TPSA) is 61.0 Å². The second-order valence-electron chi connectivity index (χ2n) is 5.20. The zero-order valence-electron chi connectivity index (χ0n) is 11.4. The fourth-order valence-corrected chi connectivity index (χ4v) is 1.72. The summed E-state index contributed by atoms with van der Waals surface area (Å²) in [7, 11) is 0. The van der Waals surface area contributed by atoms with Crippen molar-refractivity contribution in [3.8, 4) is 0 Å². The van der Waals surface area contributed by atoms with Gasteiger partial charge in [0.15, 0.2) is 5.82 Å². The van der Waals surface area contributed by atoms with Crippen molar-refractivity contribution >= 4 is 5.82 Å². The SMILES string of the molecule is CCOC(c1nc(N)cc(CC)n1)C(C)(C)C. The van der Waals surface area contributed by atoms with E-state index in [0.29, 0.717) is 18.2 Å². The summed E-state index contributed by atoms with van der Waals surface area (Å²) in [6.45, 7) is 11.0. The minimum Gasteiger partial charge on any atom is -0.384 e. The number of hydrogen-bond donors (Lipinski definition) is 1. The molecule has 4 nitrogen and oxygen atoms in total.